The van der Waals surface area contributed by atoms with Gasteiger partial charge in [0.25, 0.3) is 0 Å². The van der Waals surface area contributed by atoms with E-state index in [4.69, 9.17) is 9.47 Å². The van der Waals surface area contributed by atoms with Crippen LogP contribution in [0.1, 0.15) is 32.8 Å². The fraction of sp³-hybridized carbons (Fsp3) is 0.611. The second kappa shape index (κ2) is 12.4. The molecule has 0 spiro atoms. The molecule has 0 aliphatic rings. The Kier molecular flexibility index (Phi) is 11.8. The molecule has 1 rings (SSSR count). The van der Waals surface area contributed by atoms with Crippen molar-refractivity contribution >= 4 is 29.9 Å². The van der Waals surface area contributed by atoms with Gasteiger partial charge in [-0.25, -0.2) is 0 Å². The molecule has 0 aliphatic heterocycles. The number of hydrogen-bond donors (Lipinski definition) is 2. The Balaban J connectivity index is 0.00000529. The average Bonchev–Trinajstić information content (AvgIpc) is 2.56. The summed E-state index contributed by atoms with van der Waals surface area (Å²) in [4.78, 5) is 4.23. The van der Waals surface area contributed by atoms with Gasteiger partial charge in [-0.3, -0.25) is 4.99 Å². The van der Waals surface area contributed by atoms with Crippen LogP contribution in [-0.2, 0) is 11.2 Å². The molecule has 138 valence electrons. The molecule has 0 unspecified atom stereocenters. The van der Waals surface area contributed by atoms with Gasteiger partial charge in [-0.05, 0) is 44.4 Å². The van der Waals surface area contributed by atoms with Crippen molar-refractivity contribution < 1.29 is 9.47 Å². The molecule has 0 radical (unpaired) electrons. The van der Waals surface area contributed by atoms with Crippen LogP contribution in [0.25, 0.3) is 0 Å². The van der Waals surface area contributed by atoms with Crippen LogP contribution >= 0.6 is 24.0 Å². The van der Waals surface area contributed by atoms with Gasteiger partial charge in [0.15, 0.2) is 5.96 Å². The van der Waals surface area contributed by atoms with Crippen molar-refractivity contribution in [2.24, 2.45) is 4.99 Å². The molecule has 1 aromatic carbocycles. The Morgan fingerprint density at radius 2 is 2.00 bits per heavy atom. The van der Waals surface area contributed by atoms with Crippen LogP contribution < -0.4 is 15.4 Å². The summed E-state index contributed by atoms with van der Waals surface area (Å²) in [5.41, 5.74) is 1.03. The SMILES string of the molecule is CCCOc1cccc(CCNC(=NC)NCC(C)(C)OC)c1.I. The topological polar surface area (TPSA) is 54.9 Å². The third-order valence-corrected chi connectivity index (χ3v) is 3.54. The second-order valence-electron chi connectivity index (χ2n) is 6.06. The van der Waals surface area contributed by atoms with E-state index in [0.29, 0.717) is 6.54 Å². The smallest absolute Gasteiger partial charge is 0.191 e. The molecule has 0 fully saturated rings. The minimum Gasteiger partial charge on any atom is -0.494 e. The normalized spacial score (nSPS) is 11.6. The molecule has 0 atom stereocenters. The molecule has 0 saturated heterocycles. The standard InChI is InChI=1S/C18H31N3O2.HI/c1-6-12-23-16-9-7-8-15(13-16)10-11-20-17(19-4)21-14-18(2,3)22-5;/h7-9,13H,6,10-12,14H2,1-5H3,(H2,19,20,21);1H. The van der Waals surface area contributed by atoms with E-state index >= 15 is 0 Å². The Hall–Kier alpha value is -1.02. The minimum absolute atomic E-state index is 0. The highest BCUT2D eigenvalue weighted by molar-refractivity contribution is 14.0. The average molecular weight is 449 g/mol. The molecule has 1 aromatic rings. The van der Waals surface area contributed by atoms with Crippen molar-refractivity contribution in [3.05, 3.63) is 29.8 Å². The summed E-state index contributed by atoms with van der Waals surface area (Å²) in [6, 6.07) is 8.25. The summed E-state index contributed by atoms with van der Waals surface area (Å²) >= 11 is 0. The van der Waals surface area contributed by atoms with Gasteiger partial charge in [-0.1, -0.05) is 19.1 Å². The first-order valence-electron chi connectivity index (χ1n) is 8.22. The first-order chi connectivity index (χ1) is 11.0. The molecule has 6 heteroatoms. The van der Waals surface area contributed by atoms with Gasteiger partial charge in [0.2, 0.25) is 0 Å². The minimum atomic E-state index is -0.220. The lowest BCUT2D eigenvalue weighted by Crippen LogP contribution is -2.45. The molecule has 0 aromatic heterocycles. The van der Waals surface area contributed by atoms with Crippen molar-refractivity contribution in [2.45, 2.75) is 39.2 Å². The number of ether oxygens (including phenoxy) is 2. The number of hydrogen-bond acceptors (Lipinski definition) is 3. The van der Waals surface area contributed by atoms with Crippen molar-refractivity contribution in [3.63, 3.8) is 0 Å². The van der Waals surface area contributed by atoms with Crippen LogP contribution in [0.4, 0.5) is 0 Å². The van der Waals surface area contributed by atoms with E-state index in [1.54, 1.807) is 14.2 Å². The number of benzene rings is 1. The van der Waals surface area contributed by atoms with E-state index in [9.17, 15) is 0 Å². The summed E-state index contributed by atoms with van der Waals surface area (Å²) < 4.78 is 11.1. The molecule has 0 heterocycles. The molecular formula is C18H32IN3O2. The van der Waals surface area contributed by atoms with Gasteiger partial charge in [-0.15, -0.1) is 24.0 Å². The largest absolute Gasteiger partial charge is 0.494 e. The number of nitrogens with one attached hydrogen (secondary N) is 2. The van der Waals surface area contributed by atoms with Gasteiger partial charge in [0.05, 0.1) is 12.2 Å². The molecule has 5 nitrogen and oxygen atoms in total. The van der Waals surface area contributed by atoms with Crippen molar-refractivity contribution in [3.8, 4) is 5.75 Å². The summed E-state index contributed by atoms with van der Waals surface area (Å²) in [6.07, 6.45) is 1.93. The van der Waals surface area contributed by atoms with Gasteiger partial charge in [0.1, 0.15) is 5.75 Å². The molecule has 2 N–H and O–H groups in total. The fourth-order valence-corrected chi connectivity index (χ4v) is 1.93. The van der Waals surface area contributed by atoms with Crippen LogP contribution in [-0.4, -0.2) is 45.4 Å². The maximum atomic E-state index is 5.66. The number of rotatable bonds is 9. The Morgan fingerprint density at radius 1 is 1.25 bits per heavy atom. The Labute approximate surface area is 163 Å². The Morgan fingerprint density at radius 3 is 2.62 bits per heavy atom. The Bertz CT molecular complexity index is 493. The molecule has 0 saturated carbocycles. The van der Waals surface area contributed by atoms with Crippen LogP contribution in [0.5, 0.6) is 5.75 Å². The van der Waals surface area contributed by atoms with E-state index in [-0.39, 0.29) is 29.6 Å². The highest BCUT2D eigenvalue weighted by Gasteiger charge is 2.16. The van der Waals surface area contributed by atoms with E-state index < -0.39 is 0 Å². The molecule has 24 heavy (non-hydrogen) atoms. The second-order valence-corrected chi connectivity index (χ2v) is 6.06. The van der Waals surface area contributed by atoms with Crippen LogP contribution in [0.15, 0.2) is 29.3 Å². The zero-order valence-electron chi connectivity index (χ0n) is 15.5. The number of nitrogens with zero attached hydrogens (tertiary/aromatic N) is 1. The first kappa shape index (κ1) is 23.0. The van der Waals surface area contributed by atoms with Crippen LogP contribution in [0.2, 0.25) is 0 Å². The lowest BCUT2D eigenvalue weighted by Gasteiger charge is -2.24. The summed E-state index contributed by atoms with van der Waals surface area (Å²) in [6.45, 7) is 8.45. The zero-order valence-corrected chi connectivity index (χ0v) is 17.8. The lowest BCUT2D eigenvalue weighted by atomic mass is 10.1. The number of halogens is 1. The number of aliphatic imine (C=N–C) groups is 1. The predicted molar refractivity (Wildman–Crippen MR) is 112 cm³/mol. The van der Waals surface area contributed by atoms with Crippen molar-refractivity contribution in [1.29, 1.82) is 0 Å². The van der Waals surface area contributed by atoms with Crippen LogP contribution in [0, 0.1) is 0 Å². The fourth-order valence-electron chi connectivity index (χ4n) is 1.93. The van der Waals surface area contributed by atoms with Gasteiger partial charge >= 0.3 is 0 Å². The highest BCUT2D eigenvalue weighted by Crippen LogP contribution is 2.13. The van der Waals surface area contributed by atoms with E-state index in [2.05, 4.69) is 34.7 Å². The van der Waals surface area contributed by atoms with Gasteiger partial charge < -0.3 is 20.1 Å². The lowest BCUT2D eigenvalue weighted by molar-refractivity contribution is 0.0268. The maximum Gasteiger partial charge on any atom is 0.191 e. The van der Waals surface area contributed by atoms with E-state index in [1.165, 1.54) is 5.56 Å². The van der Waals surface area contributed by atoms with Crippen LogP contribution in [0.3, 0.4) is 0 Å². The third-order valence-electron chi connectivity index (χ3n) is 3.54. The van der Waals surface area contributed by atoms with Gasteiger partial charge in [-0.2, -0.15) is 0 Å². The quantitative estimate of drug-likeness (QED) is 0.346. The molecular weight excluding hydrogens is 417 g/mol. The van der Waals surface area contributed by atoms with E-state index in [0.717, 1.165) is 37.7 Å². The molecule has 0 aliphatic carbocycles. The highest BCUT2D eigenvalue weighted by atomic mass is 127. The summed E-state index contributed by atoms with van der Waals surface area (Å²) in [5, 5.41) is 6.60. The molecule has 0 amide bonds. The summed E-state index contributed by atoms with van der Waals surface area (Å²) in [7, 11) is 3.49. The zero-order chi connectivity index (χ0) is 17.1. The van der Waals surface area contributed by atoms with Gasteiger partial charge in [0, 0.05) is 27.2 Å². The monoisotopic (exact) mass is 449 g/mol. The van der Waals surface area contributed by atoms with E-state index in [1.807, 2.05) is 26.0 Å². The molecule has 0 bridgehead atoms. The number of methoxy groups -OCH3 is 1. The van der Waals surface area contributed by atoms with Crippen molar-refractivity contribution in [1.82, 2.24) is 10.6 Å². The maximum absolute atomic E-state index is 5.66. The first-order valence-corrected chi connectivity index (χ1v) is 8.22. The number of guanidine groups is 1. The third kappa shape index (κ3) is 9.32. The predicted octanol–water partition coefficient (Wildman–Crippen LogP) is 3.23. The van der Waals surface area contributed by atoms with Crippen molar-refractivity contribution in [2.75, 3.05) is 33.9 Å². The summed E-state index contributed by atoms with van der Waals surface area (Å²) in [5.74, 6) is 1.72.